The Morgan fingerprint density at radius 3 is 2.68 bits per heavy atom. The van der Waals surface area contributed by atoms with Crippen LogP contribution in [0.4, 0.5) is 4.39 Å². The standard InChI is InChI=1S/C18H18FN3O2S/c1-2-20-11-14-10-18(16-7-3-4-8-17(16)19)22(13-14)25(23,24)15-6-5-9-21-12-15/h3-10,12-13,20H,2,11H2,1H3. The summed E-state index contributed by atoms with van der Waals surface area (Å²) >= 11 is 0. The van der Waals surface area contributed by atoms with Gasteiger partial charge in [0, 0.05) is 30.7 Å². The summed E-state index contributed by atoms with van der Waals surface area (Å²) in [5.74, 6) is -0.474. The highest BCUT2D eigenvalue weighted by Gasteiger charge is 2.23. The van der Waals surface area contributed by atoms with Gasteiger partial charge in [-0.15, -0.1) is 0 Å². The third kappa shape index (κ3) is 3.47. The van der Waals surface area contributed by atoms with Crippen molar-refractivity contribution >= 4 is 10.0 Å². The molecule has 2 aromatic heterocycles. The first-order valence-corrected chi connectivity index (χ1v) is 9.30. The van der Waals surface area contributed by atoms with Crippen molar-refractivity contribution in [2.75, 3.05) is 6.54 Å². The number of halogens is 1. The van der Waals surface area contributed by atoms with Crippen molar-refractivity contribution < 1.29 is 12.8 Å². The summed E-state index contributed by atoms with van der Waals surface area (Å²) < 4.78 is 41.4. The number of nitrogens with one attached hydrogen (secondary N) is 1. The molecule has 0 aliphatic rings. The van der Waals surface area contributed by atoms with Crippen molar-refractivity contribution in [3.63, 3.8) is 0 Å². The zero-order chi connectivity index (χ0) is 17.9. The van der Waals surface area contributed by atoms with Crippen molar-refractivity contribution in [1.29, 1.82) is 0 Å². The molecule has 1 aromatic carbocycles. The lowest BCUT2D eigenvalue weighted by atomic mass is 10.1. The summed E-state index contributed by atoms with van der Waals surface area (Å²) in [4.78, 5) is 3.93. The maximum absolute atomic E-state index is 14.3. The number of pyridine rings is 1. The second-order valence-corrected chi connectivity index (χ2v) is 7.30. The Bertz CT molecular complexity index is 969. The highest BCUT2D eigenvalue weighted by Crippen LogP contribution is 2.28. The van der Waals surface area contributed by atoms with E-state index in [-0.39, 0.29) is 16.2 Å². The summed E-state index contributed by atoms with van der Waals surface area (Å²) in [6, 6.07) is 10.8. The minimum absolute atomic E-state index is 0.0539. The Hall–Kier alpha value is -2.51. The van der Waals surface area contributed by atoms with Crippen LogP contribution in [0.2, 0.25) is 0 Å². The average molecular weight is 359 g/mol. The quantitative estimate of drug-likeness (QED) is 0.735. The Morgan fingerprint density at radius 2 is 2.00 bits per heavy atom. The van der Waals surface area contributed by atoms with Gasteiger partial charge in [0.25, 0.3) is 10.0 Å². The maximum atomic E-state index is 14.3. The summed E-state index contributed by atoms with van der Waals surface area (Å²) in [6.45, 7) is 3.20. The van der Waals surface area contributed by atoms with Crippen LogP contribution in [-0.2, 0) is 16.6 Å². The highest BCUT2D eigenvalue weighted by molar-refractivity contribution is 7.90. The van der Waals surface area contributed by atoms with Crippen LogP contribution in [0, 0.1) is 5.82 Å². The molecule has 0 aliphatic carbocycles. The van der Waals surface area contributed by atoms with E-state index in [1.54, 1.807) is 30.3 Å². The van der Waals surface area contributed by atoms with Crippen LogP contribution in [0.25, 0.3) is 11.3 Å². The molecular weight excluding hydrogens is 341 g/mol. The predicted octanol–water partition coefficient (Wildman–Crippen LogP) is 3.04. The molecule has 0 amide bonds. The average Bonchev–Trinajstić information content (AvgIpc) is 3.06. The normalized spacial score (nSPS) is 11.6. The van der Waals surface area contributed by atoms with E-state index in [1.165, 1.54) is 30.7 Å². The largest absolute Gasteiger partial charge is 0.313 e. The lowest BCUT2D eigenvalue weighted by Gasteiger charge is -2.10. The number of hydrogen-bond acceptors (Lipinski definition) is 4. The van der Waals surface area contributed by atoms with Gasteiger partial charge in [-0.1, -0.05) is 19.1 Å². The maximum Gasteiger partial charge on any atom is 0.269 e. The van der Waals surface area contributed by atoms with Gasteiger partial charge >= 0.3 is 0 Å². The summed E-state index contributed by atoms with van der Waals surface area (Å²) in [5, 5.41) is 3.15. The summed E-state index contributed by atoms with van der Waals surface area (Å²) in [5.41, 5.74) is 1.28. The van der Waals surface area contributed by atoms with Crippen LogP contribution < -0.4 is 5.32 Å². The van der Waals surface area contributed by atoms with Gasteiger partial charge in [0.2, 0.25) is 0 Å². The fourth-order valence-electron chi connectivity index (χ4n) is 2.54. The lowest BCUT2D eigenvalue weighted by molar-refractivity contribution is 0.587. The second kappa shape index (κ2) is 7.16. The predicted molar refractivity (Wildman–Crippen MR) is 94.0 cm³/mol. The number of benzene rings is 1. The van der Waals surface area contributed by atoms with E-state index < -0.39 is 15.8 Å². The third-order valence-corrected chi connectivity index (χ3v) is 5.42. The molecule has 0 saturated heterocycles. The van der Waals surface area contributed by atoms with E-state index >= 15 is 0 Å². The highest BCUT2D eigenvalue weighted by atomic mass is 32.2. The molecule has 1 N–H and O–H groups in total. The van der Waals surface area contributed by atoms with Crippen molar-refractivity contribution in [2.45, 2.75) is 18.4 Å². The van der Waals surface area contributed by atoms with E-state index in [0.717, 1.165) is 16.1 Å². The van der Waals surface area contributed by atoms with Gasteiger partial charge in [0.15, 0.2) is 0 Å². The first-order valence-electron chi connectivity index (χ1n) is 7.86. The number of hydrogen-bond donors (Lipinski definition) is 1. The van der Waals surface area contributed by atoms with Crippen LogP contribution >= 0.6 is 0 Å². The Morgan fingerprint density at radius 1 is 1.20 bits per heavy atom. The minimum atomic E-state index is -3.88. The molecule has 5 nitrogen and oxygen atoms in total. The van der Waals surface area contributed by atoms with Gasteiger partial charge in [0.05, 0.1) is 5.69 Å². The van der Waals surface area contributed by atoms with Gasteiger partial charge in [0.1, 0.15) is 10.7 Å². The molecule has 0 bridgehead atoms. The first kappa shape index (κ1) is 17.3. The second-order valence-electron chi connectivity index (χ2n) is 5.48. The molecule has 130 valence electrons. The van der Waals surface area contributed by atoms with E-state index in [4.69, 9.17) is 0 Å². The number of nitrogens with zero attached hydrogens (tertiary/aromatic N) is 2. The first-order chi connectivity index (χ1) is 12.0. The Balaban J connectivity index is 2.18. The third-order valence-electron chi connectivity index (χ3n) is 3.76. The van der Waals surface area contributed by atoms with Crippen LogP contribution in [0.5, 0.6) is 0 Å². The molecule has 7 heteroatoms. The van der Waals surface area contributed by atoms with Gasteiger partial charge in [-0.2, -0.15) is 0 Å². The Labute approximate surface area is 146 Å². The zero-order valence-electron chi connectivity index (χ0n) is 13.7. The van der Waals surface area contributed by atoms with Crippen LogP contribution in [0.15, 0.2) is 66.0 Å². The molecule has 0 atom stereocenters. The SMILES string of the molecule is CCNCc1cc(-c2ccccc2F)n(S(=O)(=O)c2cccnc2)c1. The van der Waals surface area contributed by atoms with E-state index in [2.05, 4.69) is 10.3 Å². The van der Waals surface area contributed by atoms with E-state index in [1.807, 2.05) is 6.92 Å². The van der Waals surface area contributed by atoms with E-state index in [0.29, 0.717) is 6.54 Å². The van der Waals surface area contributed by atoms with E-state index in [9.17, 15) is 12.8 Å². The zero-order valence-corrected chi connectivity index (χ0v) is 14.5. The van der Waals surface area contributed by atoms with Crippen LogP contribution in [-0.4, -0.2) is 23.9 Å². The summed E-state index contributed by atoms with van der Waals surface area (Å²) in [7, 11) is -3.88. The van der Waals surface area contributed by atoms with Crippen molar-refractivity contribution in [2.24, 2.45) is 0 Å². The summed E-state index contributed by atoms with van der Waals surface area (Å²) in [6.07, 6.45) is 4.31. The molecule has 25 heavy (non-hydrogen) atoms. The molecule has 0 radical (unpaired) electrons. The molecule has 0 unspecified atom stereocenters. The van der Waals surface area contributed by atoms with Crippen molar-refractivity contribution in [3.8, 4) is 11.3 Å². The lowest BCUT2D eigenvalue weighted by Crippen LogP contribution is -2.14. The number of aromatic nitrogens is 2. The molecular formula is C18H18FN3O2S. The van der Waals surface area contributed by atoms with Crippen LogP contribution in [0.3, 0.4) is 0 Å². The number of rotatable bonds is 6. The fraction of sp³-hybridized carbons (Fsp3) is 0.167. The monoisotopic (exact) mass is 359 g/mol. The fourth-order valence-corrected chi connectivity index (χ4v) is 3.90. The molecule has 3 aromatic rings. The molecule has 2 heterocycles. The smallest absolute Gasteiger partial charge is 0.269 e. The molecule has 3 rings (SSSR count). The van der Waals surface area contributed by atoms with Crippen molar-refractivity contribution in [1.82, 2.24) is 14.3 Å². The molecule has 0 spiro atoms. The minimum Gasteiger partial charge on any atom is -0.313 e. The molecule has 0 saturated carbocycles. The topological polar surface area (TPSA) is 64.0 Å². The van der Waals surface area contributed by atoms with Gasteiger partial charge in [-0.25, -0.2) is 16.8 Å². The van der Waals surface area contributed by atoms with Gasteiger partial charge in [-0.3, -0.25) is 4.98 Å². The van der Waals surface area contributed by atoms with Crippen LogP contribution in [0.1, 0.15) is 12.5 Å². The van der Waals surface area contributed by atoms with Gasteiger partial charge in [-0.05, 0) is 42.4 Å². The van der Waals surface area contributed by atoms with Crippen molar-refractivity contribution in [3.05, 3.63) is 72.4 Å². The molecule has 0 fully saturated rings. The molecule has 0 aliphatic heterocycles. The van der Waals surface area contributed by atoms with Gasteiger partial charge < -0.3 is 5.32 Å². The Kier molecular flexibility index (Phi) is 4.96.